The predicted molar refractivity (Wildman–Crippen MR) is 106 cm³/mol. The zero-order valence-corrected chi connectivity index (χ0v) is 17.4. The lowest BCUT2D eigenvalue weighted by Crippen LogP contribution is -2.25. The molecule has 1 aromatic carbocycles. The van der Waals surface area contributed by atoms with Gasteiger partial charge in [0.25, 0.3) is 0 Å². The molecule has 1 aromatic rings. The first-order chi connectivity index (χ1) is 10.7. The number of benzene rings is 1. The van der Waals surface area contributed by atoms with E-state index in [0.29, 0.717) is 27.9 Å². The molecule has 0 heterocycles. The molecule has 0 aliphatic carbocycles. The van der Waals surface area contributed by atoms with Crippen LogP contribution in [0.5, 0.6) is 0 Å². The molecule has 0 saturated heterocycles. The van der Waals surface area contributed by atoms with Gasteiger partial charge in [0.05, 0.1) is 12.2 Å². The molecule has 0 spiro atoms. The zero-order valence-electron chi connectivity index (χ0n) is 15.8. The number of rotatable bonds is 7. The summed E-state index contributed by atoms with van der Waals surface area (Å²) in [6, 6.07) is 5.93. The van der Waals surface area contributed by atoms with E-state index in [-0.39, 0.29) is 5.97 Å². The van der Waals surface area contributed by atoms with Crippen LogP contribution in [0, 0.1) is 6.92 Å². The molecule has 0 atom stereocenters. The SMILES string of the molecule is CCOC(=O)c1ccc(C)c(SS(C(C)C)(C(C)C)C(C)C)c1. The predicted octanol–water partition coefficient (Wildman–Crippen LogP) is 6.21. The first kappa shape index (κ1) is 20.4. The highest BCUT2D eigenvalue weighted by atomic mass is 33.2. The largest absolute Gasteiger partial charge is 0.462 e. The molecule has 0 saturated carbocycles. The lowest BCUT2D eigenvalue weighted by molar-refractivity contribution is 0.0526. The summed E-state index contributed by atoms with van der Waals surface area (Å²) in [6.45, 7) is 18.4. The van der Waals surface area contributed by atoms with Gasteiger partial charge in [-0.1, -0.05) is 58.4 Å². The smallest absolute Gasteiger partial charge is 0.338 e. The monoisotopic (exact) mass is 356 g/mol. The van der Waals surface area contributed by atoms with Crippen molar-refractivity contribution in [1.82, 2.24) is 0 Å². The van der Waals surface area contributed by atoms with E-state index in [1.165, 1.54) is 10.5 Å². The van der Waals surface area contributed by atoms with Crippen LogP contribution >= 0.6 is 19.9 Å². The van der Waals surface area contributed by atoms with E-state index < -0.39 is 9.06 Å². The highest BCUT2D eigenvalue weighted by Crippen LogP contribution is 2.72. The average Bonchev–Trinajstić information content (AvgIpc) is 2.45. The Hall–Kier alpha value is -0.610. The van der Waals surface area contributed by atoms with Gasteiger partial charge in [-0.25, -0.2) is 4.79 Å². The van der Waals surface area contributed by atoms with E-state index in [0.717, 1.165) is 0 Å². The molecule has 23 heavy (non-hydrogen) atoms. The second-order valence-corrected chi connectivity index (χ2v) is 13.7. The van der Waals surface area contributed by atoms with Crippen LogP contribution in [0.15, 0.2) is 23.1 Å². The zero-order chi connectivity index (χ0) is 17.8. The van der Waals surface area contributed by atoms with Crippen molar-refractivity contribution in [2.75, 3.05) is 6.61 Å². The van der Waals surface area contributed by atoms with Crippen molar-refractivity contribution in [3.8, 4) is 0 Å². The molecular weight excluding hydrogens is 324 g/mol. The Labute approximate surface area is 147 Å². The third-order valence-corrected chi connectivity index (χ3v) is 14.3. The van der Waals surface area contributed by atoms with Gasteiger partial charge in [0.2, 0.25) is 0 Å². The summed E-state index contributed by atoms with van der Waals surface area (Å²) in [5, 5.41) is 1.87. The van der Waals surface area contributed by atoms with Crippen LogP contribution in [0.25, 0.3) is 0 Å². The molecule has 0 aromatic heterocycles. The van der Waals surface area contributed by atoms with Gasteiger partial charge in [0, 0.05) is 4.90 Å². The molecule has 0 unspecified atom stereocenters. The van der Waals surface area contributed by atoms with E-state index in [2.05, 4.69) is 48.5 Å². The molecule has 1 rings (SSSR count). The van der Waals surface area contributed by atoms with Crippen LogP contribution in [0.2, 0.25) is 0 Å². The van der Waals surface area contributed by atoms with Crippen LogP contribution in [-0.4, -0.2) is 28.3 Å². The maximum absolute atomic E-state index is 12.1. The van der Waals surface area contributed by atoms with Gasteiger partial charge in [-0.2, -0.15) is 9.06 Å². The molecule has 4 heteroatoms. The fraction of sp³-hybridized carbons (Fsp3) is 0.632. The number of hydrogen-bond donors (Lipinski definition) is 0. The molecule has 2 nitrogen and oxygen atoms in total. The third-order valence-electron chi connectivity index (χ3n) is 4.14. The first-order valence-corrected chi connectivity index (χ1v) is 11.6. The lowest BCUT2D eigenvalue weighted by Gasteiger charge is -2.50. The summed E-state index contributed by atoms with van der Waals surface area (Å²) >= 11 is 0. The highest BCUT2D eigenvalue weighted by molar-refractivity contribution is 8.94. The van der Waals surface area contributed by atoms with Crippen LogP contribution in [-0.2, 0) is 4.74 Å². The highest BCUT2D eigenvalue weighted by Gasteiger charge is 2.36. The fourth-order valence-corrected chi connectivity index (χ4v) is 10.8. The van der Waals surface area contributed by atoms with Gasteiger partial charge < -0.3 is 4.74 Å². The molecule has 0 fully saturated rings. The molecule has 0 amide bonds. The summed E-state index contributed by atoms with van der Waals surface area (Å²) in [5.41, 5.74) is 1.89. The summed E-state index contributed by atoms with van der Waals surface area (Å²) in [4.78, 5) is 13.3. The molecular formula is C19H32O2S2. The quantitative estimate of drug-likeness (QED) is 0.429. The Bertz CT molecular complexity index is 514. The number of esters is 1. The molecule has 0 aliphatic heterocycles. The standard InChI is InChI=1S/C19H32O2S2/c1-9-21-19(20)17-11-10-16(8)18(12-17)22-23(13(2)3,14(4)5)15(6)7/h10-15H,9H2,1-8H3. The van der Waals surface area contributed by atoms with Gasteiger partial charge in [0.1, 0.15) is 0 Å². The van der Waals surface area contributed by atoms with Crippen LogP contribution < -0.4 is 0 Å². The average molecular weight is 357 g/mol. The van der Waals surface area contributed by atoms with Crippen molar-refractivity contribution < 1.29 is 9.53 Å². The summed E-state index contributed by atoms with van der Waals surface area (Å²) < 4.78 is 5.15. The molecule has 0 aliphatic rings. The van der Waals surface area contributed by atoms with Crippen molar-refractivity contribution in [3.05, 3.63) is 29.3 Å². The number of aryl methyl sites for hydroxylation is 1. The normalized spacial score (nSPS) is 13.0. The van der Waals surface area contributed by atoms with Crippen LogP contribution in [0.4, 0.5) is 0 Å². The maximum Gasteiger partial charge on any atom is 0.338 e. The fourth-order valence-electron chi connectivity index (χ4n) is 3.11. The van der Waals surface area contributed by atoms with E-state index in [9.17, 15) is 4.79 Å². The van der Waals surface area contributed by atoms with E-state index in [4.69, 9.17) is 4.74 Å². The Morgan fingerprint density at radius 1 is 1.09 bits per heavy atom. The van der Waals surface area contributed by atoms with Gasteiger partial charge in [-0.05, 0) is 47.3 Å². The molecule has 0 N–H and O–H groups in total. The minimum Gasteiger partial charge on any atom is -0.462 e. The number of carbonyl (C=O) groups is 1. The Kier molecular flexibility index (Phi) is 7.53. The minimum atomic E-state index is -0.912. The van der Waals surface area contributed by atoms with Crippen molar-refractivity contribution in [3.63, 3.8) is 0 Å². The van der Waals surface area contributed by atoms with E-state index in [1.807, 2.05) is 35.9 Å². The van der Waals surface area contributed by atoms with E-state index in [1.54, 1.807) is 0 Å². The van der Waals surface area contributed by atoms with Gasteiger partial charge in [-0.3, -0.25) is 0 Å². The van der Waals surface area contributed by atoms with Crippen LogP contribution in [0.1, 0.15) is 64.4 Å². The Morgan fingerprint density at radius 2 is 1.61 bits per heavy atom. The number of ether oxygens (including phenoxy) is 1. The van der Waals surface area contributed by atoms with Gasteiger partial charge in [0.15, 0.2) is 0 Å². The van der Waals surface area contributed by atoms with Crippen molar-refractivity contribution >= 4 is 25.8 Å². The summed E-state index contributed by atoms with van der Waals surface area (Å²) in [6.07, 6.45) is 0. The van der Waals surface area contributed by atoms with E-state index >= 15 is 0 Å². The van der Waals surface area contributed by atoms with Gasteiger partial charge >= 0.3 is 5.97 Å². The third kappa shape index (κ3) is 4.48. The number of hydrogen-bond acceptors (Lipinski definition) is 3. The van der Waals surface area contributed by atoms with Crippen molar-refractivity contribution in [1.29, 1.82) is 0 Å². The van der Waals surface area contributed by atoms with Crippen molar-refractivity contribution in [2.45, 2.75) is 76.0 Å². The second kappa shape index (κ2) is 8.48. The number of carbonyl (C=O) groups excluding carboxylic acids is 1. The minimum absolute atomic E-state index is 0.228. The topological polar surface area (TPSA) is 26.3 Å². The molecule has 132 valence electrons. The Morgan fingerprint density at radius 3 is 2.04 bits per heavy atom. The first-order valence-electron chi connectivity index (χ1n) is 8.43. The Balaban J connectivity index is 3.28. The van der Waals surface area contributed by atoms with Crippen LogP contribution in [0.3, 0.4) is 0 Å². The second-order valence-electron chi connectivity index (χ2n) is 6.63. The van der Waals surface area contributed by atoms with Gasteiger partial charge in [-0.15, -0.1) is 0 Å². The molecule has 0 bridgehead atoms. The maximum atomic E-state index is 12.1. The molecule has 0 radical (unpaired) electrons. The summed E-state index contributed by atoms with van der Waals surface area (Å²) in [7, 11) is 1.10. The van der Waals surface area contributed by atoms with Crippen molar-refractivity contribution in [2.24, 2.45) is 0 Å². The lowest BCUT2D eigenvalue weighted by atomic mass is 10.1. The summed E-state index contributed by atoms with van der Waals surface area (Å²) in [5.74, 6) is -0.228.